The molecule has 0 saturated heterocycles. The molecule has 0 N–H and O–H groups in total. The van der Waals surface area contributed by atoms with E-state index in [-0.39, 0.29) is 12.5 Å². The molecular weight excluding hydrogens is 392 g/mol. The molecule has 0 spiro atoms. The van der Waals surface area contributed by atoms with Crippen molar-refractivity contribution in [2.45, 2.75) is 26.5 Å². The summed E-state index contributed by atoms with van der Waals surface area (Å²) in [6, 6.07) is 11.0. The van der Waals surface area contributed by atoms with Gasteiger partial charge in [-0.15, -0.1) is 11.3 Å². The second-order valence-electron chi connectivity index (χ2n) is 6.98. The monoisotopic (exact) mass is 410 g/mol. The third kappa shape index (κ3) is 3.47. The summed E-state index contributed by atoms with van der Waals surface area (Å²) in [4.78, 5) is 40.2. The first-order valence-electron chi connectivity index (χ1n) is 9.10. The van der Waals surface area contributed by atoms with Crippen LogP contribution in [0.1, 0.15) is 40.3 Å². The van der Waals surface area contributed by atoms with Crippen molar-refractivity contribution in [3.8, 4) is 10.6 Å². The van der Waals surface area contributed by atoms with Crippen LogP contribution in [-0.2, 0) is 16.1 Å². The zero-order valence-electron chi connectivity index (χ0n) is 15.8. The molecule has 3 heterocycles. The van der Waals surface area contributed by atoms with E-state index in [1.54, 1.807) is 44.2 Å². The molecule has 0 unspecified atom stereocenters. The molecule has 3 aromatic rings. The van der Waals surface area contributed by atoms with Crippen molar-refractivity contribution in [1.29, 1.82) is 0 Å². The number of benzene rings is 1. The van der Waals surface area contributed by atoms with E-state index in [1.807, 2.05) is 17.5 Å². The molecule has 4 rings (SSSR count). The van der Waals surface area contributed by atoms with Gasteiger partial charge in [0, 0.05) is 6.07 Å². The maximum absolute atomic E-state index is 12.8. The number of rotatable bonds is 6. The predicted molar refractivity (Wildman–Crippen MR) is 105 cm³/mol. The number of nitrogens with zero attached hydrogens (tertiary/aromatic N) is 2. The van der Waals surface area contributed by atoms with Crippen LogP contribution in [0.2, 0.25) is 0 Å². The van der Waals surface area contributed by atoms with Gasteiger partial charge < -0.3 is 9.26 Å². The number of imide groups is 1. The van der Waals surface area contributed by atoms with Crippen molar-refractivity contribution in [3.63, 3.8) is 0 Å². The van der Waals surface area contributed by atoms with Crippen LogP contribution < -0.4 is 0 Å². The molecule has 29 heavy (non-hydrogen) atoms. The lowest BCUT2D eigenvalue weighted by Gasteiger charge is -2.27. The molecule has 1 aliphatic rings. The van der Waals surface area contributed by atoms with Crippen LogP contribution in [0.5, 0.6) is 0 Å². The SMILES string of the molecule is CC(C)[C@@H](C(=O)OCc1cc(-c2cccs2)on1)N1C(=O)c2ccccc2C1=O. The summed E-state index contributed by atoms with van der Waals surface area (Å²) in [5.74, 6) is -1.35. The van der Waals surface area contributed by atoms with Crippen molar-refractivity contribution in [2.24, 2.45) is 5.92 Å². The lowest BCUT2D eigenvalue weighted by atomic mass is 10.0. The maximum Gasteiger partial charge on any atom is 0.330 e. The number of carbonyl (C=O) groups is 3. The molecule has 0 saturated carbocycles. The largest absolute Gasteiger partial charge is 0.457 e. The summed E-state index contributed by atoms with van der Waals surface area (Å²) >= 11 is 1.51. The van der Waals surface area contributed by atoms with E-state index in [0.717, 1.165) is 9.78 Å². The number of amides is 2. The second-order valence-corrected chi connectivity index (χ2v) is 7.93. The molecule has 1 atom stereocenters. The Morgan fingerprint density at radius 3 is 2.41 bits per heavy atom. The summed E-state index contributed by atoms with van der Waals surface area (Å²) in [5, 5.41) is 5.84. The first-order chi connectivity index (χ1) is 14.0. The van der Waals surface area contributed by atoms with E-state index in [4.69, 9.17) is 9.26 Å². The summed E-state index contributed by atoms with van der Waals surface area (Å²) < 4.78 is 10.7. The molecule has 0 fully saturated rings. The molecule has 7 nitrogen and oxygen atoms in total. The molecule has 2 aromatic heterocycles. The van der Waals surface area contributed by atoms with Gasteiger partial charge >= 0.3 is 5.97 Å². The Kier molecular flexibility index (Phi) is 5.02. The third-order valence-corrected chi connectivity index (χ3v) is 5.55. The lowest BCUT2D eigenvalue weighted by molar-refractivity contribution is -0.151. The van der Waals surface area contributed by atoms with Crippen LogP contribution in [0.15, 0.2) is 52.4 Å². The van der Waals surface area contributed by atoms with Crippen LogP contribution in [0.3, 0.4) is 0 Å². The van der Waals surface area contributed by atoms with Crippen LogP contribution in [-0.4, -0.2) is 33.9 Å². The predicted octanol–water partition coefficient (Wildman–Crippen LogP) is 3.77. The normalized spacial score (nSPS) is 14.4. The number of aromatic nitrogens is 1. The molecule has 2 amide bonds. The van der Waals surface area contributed by atoms with Crippen LogP contribution in [0.4, 0.5) is 0 Å². The van der Waals surface area contributed by atoms with E-state index in [1.165, 1.54) is 11.3 Å². The molecular formula is C21H18N2O5S. The molecule has 148 valence electrons. The highest BCUT2D eigenvalue weighted by Crippen LogP contribution is 2.28. The topological polar surface area (TPSA) is 89.7 Å². The number of esters is 1. The molecule has 0 radical (unpaired) electrons. The zero-order valence-corrected chi connectivity index (χ0v) is 16.6. The smallest absolute Gasteiger partial charge is 0.330 e. The van der Waals surface area contributed by atoms with Gasteiger partial charge in [-0.05, 0) is 29.5 Å². The van der Waals surface area contributed by atoms with E-state index >= 15 is 0 Å². The van der Waals surface area contributed by atoms with Crippen LogP contribution >= 0.6 is 11.3 Å². The summed E-state index contributed by atoms with van der Waals surface area (Å²) in [7, 11) is 0. The minimum Gasteiger partial charge on any atom is -0.457 e. The summed E-state index contributed by atoms with van der Waals surface area (Å²) in [5.41, 5.74) is 1.05. The Balaban J connectivity index is 1.49. The van der Waals surface area contributed by atoms with Gasteiger partial charge in [-0.3, -0.25) is 14.5 Å². The van der Waals surface area contributed by atoms with Crippen molar-refractivity contribution in [2.75, 3.05) is 0 Å². The molecule has 1 aliphatic heterocycles. The first kappa shape index (κ1) is 19.1. The van der Waals surface area contributed by atoms with Gasteiger partial charge in [0.15, 0.2) is 5.76 Å². The van der Waals surface area contributed by atoms with E-state index in [9.17, 15) is 14.4 Å². The first-order valence-corrected chi connectivity index (χ1v) is 9.98. The molecule has 0 bridgehead atoms. The van der Waals surface area contributed by atoms with Gasteiger partial charge in [0.05, 0.1) is 16.0 Å². The number of hydrogen-bond donors (Lipinski definition) is 0. The standard InChI is InChI=1S/C21H18N2O5S/c1-12(2)18(23-19(24)14-6-3-4-7-15(14)20(23)25)21(26)27-11-13-10-16(28-22-13)17-8-5-9-29-17/h3-10,12,18H,11H2,1-2H3/t18-/m0/s1. The Bertz CT molecular complexity index is 1040. The number of hydrogen-bond acceptors (Lipinski definition) is 7. The van der Waals surface area contributed by atoms with E-state index in [0.29, 0.717) is 22.6 Å². The fourth-order valence-corrected chi connectivity index (χ4v) is 3.95. The second kappa shape index (κ2) is 7.63. The fourth-order valence-electron chi connectivity index (χ4n) is 3.28. The van der Waals surface area contributed by atoms with Gasteiger partial charge in [-0.1, -0.05) is 37.2 Å². The lowest BCUT2D eigenvalue weighted by Crippen LogP contribution is -2.48. The summed E-state index contributed by atoms with van der Waals surface area (Å²) in [6.07, 6.45) is 0. The minimum absolute atomic E-state index is 0.111. The number of thiophene rings is 1. The highest BCUT2D eigenvalue weighted by molar-refractivity contribution is 7.13. The average Bonchev–Trinajstić information content (AvgIpc) is 3.44. The fraction of sp³-hybridized carbons (Fsp3) is 0.238. The third-order valence-electron chi connectivity index (χ3n) is 4.66. The zero-order chi connectivity index (χ0) is 20.5. The van der Waals surface area contributed by atoms with Crippen LogP contribution in [0.25, 0.3) is 10.6 Å². The van der Waals surface area contributed by atoms with Crippen molar-refractivity contribution < 1.29 is 23.6 Å². The Labute approximate surface area is 170 Å². The highest BCUT2D eigenvalue weighted by Gasteiger charge is 2.44. The number of carbonyl (C=O) groups excluding carboxylic acids is 3. The Morgan fingerprint density at radius 1 is 1.14 bits per heavy atom. The van der Waals surface area contributed by atoms with Crippen LogP contribution in [0, 0.1) is 5.92 Å². The van der Waals surface area contributed by atoms with E-state index in [2.05, 4.69) is 5.16 Å². The average molecular weight is 410 g/mol. The van der Waals surface area contributed by atoms with Gasteiger partial charge in [-0.2, -0.15) is 0 Å². The van der Waals surface area contributed by atoms with Gasteiger partial charge in [-0.25, -0.2) is 4.79 Å². The molecule has 8 heteroatoms. The van der Waals surface area contributed by atoms with Gasteiger partial charge in [0.1, 0.15) is 18.3 Å². The Morgan fingerprint density at radius 2 is 1.83 bits per heavy atom. The number of fused-ring (bicyclic) bond motifs is 1. The molecule has 0 aliphatic carbocycles. The van der Waals surface area contributed by atoms with Crippen molar-refractivity contribution >= 4 is 29.1 Å². The van der Waals surface area contributed by atoms with Gasteiger partial charge in [0.2, 0.25) is 0 Å². The quantitative estimate of drug-likeness (QED) is 0.454. The minimum atomic E-state index is -1.02. The van der Waals surface area contributed by atoms with E-state index < -0.39 is 23.8 Å². The highest BCUT2D eigenvalue weighted by atomic mass is 32.1. The molecule has 1 aromatic carbocycles. The van der Waals surface area contributed by atoms with Crippen molar-refractivity contribution in [1.82, 2.24) is 10.1 Å². The summed E-state index contributed by atoms with van der Waals surface area (Å²) in [6.45, 7) is 3.42. The Hall–Kier alpha value is -3.26. The van der Waals surface area contributed by atoms with Crippen molar-refractivity contribution in [3.05, 3.63) is 64.7 Å². The van der Waals surface area contributed by atoms with Gasteiger partial charge in [0.25, 0.3) is 11.8 Å². The number of ether oxygens (including phenoxy) is 1. The maximum atomic E-state index is 12.8.